The highest BCUT2D eigenvalue weighted by atomic mass is 32.2. The Bertz CT molecular complexity index is 1060. The maximum absolute atomic E-state index is 13.5. The summed E-state index contributed by atoms with van der Waals surface area (Å²) in [6.45, 7) is 3.76. The van der Waals surface area contributed by atoms with Crippen LogP contribution in [0.3, 0.4) is 0 Å². The number of aromatic nitrogens is 2. The van der Waals surface area contributed by atoms with Crippen LogP contribution in [-0.4, -0.2) is 65.8 Å². The minimum atomic E-state index is -3.62. The predicted molar refractivity (Wildman–Crippen MR) is 127 cm³/mol. The van der Waals surface area contributed by atoms with Crippen molar-refractivity contribution < 1.29 is 28.1 Å². The Morgan fingerprint density at radius 1 is 1.15 bits per heavy atom. The van der Waals surface area contributed by atoms with Crippen LogP contribution in [0.4, 0.5) is 10.3 Å². The number of hydrogen-bond donors (Lipinski definition) is 3. The van der Waals surface area contributed by atoms with Crippen molar-refractivity contribution in [3.05, 3.63) is 47.4 Å². The largest absolute Gasteiger partial charge is 0.396 e. The van der Waals surface area contributed by atoms with E-state index in [-0.39, 0.29) is 24.9 Å². The number of aliphatic hydroxyl groups is 3. The Hall–Kier alpha value is -2.40. The number of aliphatic hydroxyl groups excluding tert-OH is 3. The quantitative estimate of drug-likeness (QED) is 0.451. The van der Waals surface area contributed by atoms with Gasteiger partial charge in [0.05, 0.1) is 29.9 Å². The monoisotopic (exact) mass is 481 g/mol. The second-order valence-electron chi connectivity index (χ2n) is 8.25. The molecule has 2 rings (SSSR count). The van der Waals surface area contributed by atoms with Gasteiger partial charge in [-0.15, -0.1) is 0 Å². The molecule has 0 amide bonds. The van der Waals surface area contributed by atoms with E-state index in [4.69, 9.17) is 5.11 Å². The summed E-state index contributed by atoms with van der Waals surface area (Å²) in [6, 6.07) is 5.65. The molecule has 33 heavy (non-hydrogen) atoms. The average molecular weight is 482 g/mol. The molecule has 10 heteroatoms. The fraction of sp³-hybridized carbons (Fsp3) is 0.478. The number of nitrogens with zero attached hydrogens (tertiary/aromatic N) is 3. The molecule has 0 unspecified atom stereocenters. The van der Waals surface area contributed by atoms with Crippen LogP contribution in [0.2, 0.25) is 0 Å². The van der Waals surface area contributed by atoms with Crippen LogP contribution < -0.4 is 4.31 Å². The number of anilines is 1. The first-order chi connectivity index (χ1) is 15.4. The molecule has 1 aromatic carbocycles. The van der Waals surface area contributed by atoms with Gasteiger partial charge in [-0.3, -0.25) is 0 Å². The molecule has 0 aliphatic heterocycles. The minimum absolute atomic E-state index is 0.0161. The van der Waals surface area contributed by atoms with Gasteiger partial charge >= 0.3 is 0 Å². The van der Waals surface area contributed by atoms with Crippen LogP contribution in [0.15, 0.2) is 30.3 Å². The first-order valence-corrected chi connectivity index (χ1v) is 12.6. The summed E-state index contributed by atoms with van der Waals surface area (Å²) in [5, 5.41) is 29.3. The topological polar surface area (TPSA) is 124 Å². The van der Waals surface area contributed by atoms with Crippen molar-refractivity contribution in [1.29, 1.82) is 0 Å². The zero-order valence-corrected chi connectivity index (χ0v) is 20.1. The summed E-state index contributed by atoms with van der Waals surface area (Å²) >= 11 is 0. The maximum atomic E-state index is 13.5. The Morgan fingerprint density at radius 2 is 1.79 bits per heavy atom. The number of rotatable bonds is 11. The normalized spacial score (nSPS) is 14.1. The van der Waals surface area contributed by atoms with Gasteiger partial charge in [0.1, 0.15) is 5.82 Å². The zero-order chi connectivity index (χ0) is 24.8. The molecule has 0 fully saturated rings. The van der Waals surface area contributed by atoms with E-state index in [9.17, 15) is 23.0 Å². The van der Waals surface area contributed by atoms with Gasteiger partial charge in [-0.2, -0.15) is 0 Å². The summed E-state index contributed by atoms with van der Waals surface area (Å²) < 4.78 is 38.7. The molecule has 8 nitrogen and oxygen atoms in total. The summed E-state index contributed by atoms with van der Waals surface area (Å²) in [5.74, 6) is -0.557. The standard InChI is InChI=1S/C23H32FN3O5S/c1-15(2)21-20(12-11-19(30)14-18(29)6-5-13-28)22(16-7-9-17(24)10-8-16)26-23(25-21)27(3)33(4,31)32/h7-12,15,18-19,28-30H,5-6,13-14H2,1-4H3/t18-,19+/m0/s1. The highest BCUT2D eigenvalue weighted by Crippen LogP contribution is 2.31. The van der Waals surface area contributed by atoms with E-state index in [1.54, 1.807) is 18.2 Å². The molecule has 1 aromatic heterocycles. The molecule has 0 saturated heterocycles. The van der Waals surface area contributed by atoms with Gasteiger partial charge < -0.3 is 15.3 Å². The fourth-order valence-corrected chi connectivity index (χ4v) is 3.58. The number of hydrogen-bond acceptors (Lipinski definition) is 7. The molecular formula is C23H32FN3O5S. The van der Waals surface area contributed by atoms with Crippen LogP contribution in [0.25, 0.3) is 17.3 Å². The third kappa shape index (κ3) is 7.56. The second-order valence-corrected chi connectivity index (χ2v) is 10.3. The number of halogens is 1. The minimum Gasteiger partial charge on any atom is -0.396 e. The summed E-state index contributed by atoms with van der Waals surface area (Å²) in [6.07, 6.45) is 3.38. The van der Waals surface area contributed by atoms with E-state index < -0.39 is 28.0 Å². The van der Waals surface area contributed by atoms with E-state index in [0.29, 0.717) is 35.4 Å². The van der Waals surface area contributed by atoms with Crippen LogP contribution >= 0.6 is 0 Å². The molecular weight excluding hydrogens is 449 g/mol. The second kappa shape index (κ2) is 11.6. The van der Waals surface area contributed by atoms with E-state index in [1.807, 2.05) is 13.8 Å². The number of benzene rings is 1. The summed E-state index contributed by atoms with van der Waals surface area (Å²) in [5.41, 5.74) is 2.06. The molecule has 0 radical (unpaired) electrons. The van der Waals surface area contributed by atoms with Crippen LogP contribution in [0.1, 0.15) is 50.3 Å². The first kappa shape index (κ1) is 26.8. The molecule has 182 valence electrons. The molecule has 1 heterocycles. The Labute approximate surface area is 194 Å². The predicted octanol–water partition coefficient (Wildman–Crippen LogP) is 2.70. The Balaban J connectivity index is 2.58. The van der Waals surface area contributed by atoms with Crippen molar-refractivity contribution in [3.8, 4) is 11.3 Å². The van der Waals surface area contributed by atoms with Crippen molar-refractivity contribution in [2.45, 2.75) is 51.2 Å². The smallest absolute Gasteiger partial charge is 0.239 e. The van der Waals surface area contributed by atoms with Gasteiger partial charge in [0.2, 0.25) is 16.0 Å². The molecule has 2 atom stereocenters. The van der Waals surface area contributed by atoms with Crippen LogP contribution in [0.5, 0.6) is 0 Å². The van der Waals surface area contributed by atoms with Crippen molar-refractivity contribution in [1.82, 2.24) is 9.97 Å². The van der Waals surface area contributed by atoms with E-state index >= 15 is 0 Å². The summed E-state index contributed by atoms with van der Waals surface area (Å²) in [4.78, 5) is 8.94. The van der Waals surface area contributed by atoms with Crippen molar-refractivity contribution in [2.24, 2.45) is 0 Å². The highest BCUT2D eigenvalue weighted by Gasteiger charge is 2.22. The lowest BCUT2D eigenvalue weighted by molar-refractivity contribution is 0.0916. The van der Waals surface area contributed by atoms with Crippen LogP contribution in [0, 0.1) is 5.82 Å². The first-order valence-electron chi connectivity index (χ1n) is 10.7. The van der Waals surface area contributed by atoms with Gasteiger partial charge in [0.15, 0.2) is 0 Å². The molecule has 3 N–H and O–H groups in total. The Kier molecular flexibility index (Phi) is 9.47. The lowest BCUT2D eigenvalue weighted by Crippen LogP contribution is -2.27. The Morgan fingerprint density at radius 3 is 2.33 bits per heavy atom. The highest BCUT2D eigenvalue weighted by molar-refractivity contribution is 7.92. The molecule has 0 spiro atoms. The van der Waals surface area contributed by atoms with Gasteiger partial charge in [-0.05, 0) is 43.0 Å². The zero-order valence-electron chi connectivity index (χ0n) is 19.3. The number of sulfonamides is 1. The van der Waals surface area contributed by atoms with Gasteiger partial charge in [-0.25, -0.2) is 27.1 Å². The molecule has 0 saturated carbocycles. The molecule has 0 aliphatic rings. The van der Waals surface area contributed by atoms with Gasteiger partial charge in [0, 0.05) is 31.2 Å². The lowest BCUT2D eigenvalue weighted by atomic mass is 9.97. The molecule has 2 aromatic rings. The van der Waals surface area contributed by atoms with E-state index in [0.717, 1.165) is 10.6 Å². The van der Waals surface area contributed by atoms with Crippen LogP contribution in [-0.2, 0) is 10.0 Å². The van der Waals surface area contributed by atoms with Crippen molar-refractivity contribution in [3.63, 3.8) is 0 Å². The fourth-order valence-electron chi connectivity index (χ4n) is 3.21. The van der Waals surface area contributed by atoms with E-state index in [2.05, 4.69) is 9.97 Å². The van der Waals surface area contributed by atoms with Gasteiger partial charge in [0.25, 0.3) is 0 Å². The SMILES string of the molecule is CC(C)c1nc(N(C)S(C)(=O)=O)nc(-c2ccc(F)cc2)c1C=C[C@@H](O)C[C@@H](O)CCCO. The van der Waals surface area contributed by atoms with Crippen molar-refractivity contribution in [2.75, 3.05) is 24.2 Å². The maximum Gasteiger partial charge on any atom is 0.239 e. The lowest BCUT2D eigenvalue weighted by Gasteiger charge is -2.20. The van der Waals surface area contributed by atoms with E-state index in [1.165, 1.54) is 25.3 Å². The third-order valence-electron chi connectivity index (χ3n) is 5.10. The molecule has 0 bridgehead atoms. The van der Waals surface area contributed by atoms with Gasteiger partial charge in [-0.1, -0.05) is 26.0 Å². The molecule has 0 aliphatic carbocycles. The average Bonchev–Trinajstić information content (AvgIpc) is 2.75. The third-order valence-corrected chi connectivity index (χ3v) is 6.26. The van der Waals surface area contributed by atoms with Crippen molar-refractivity contribution >= 4 is 22.0 Å². The summed E-state index contributed by atoms with van der Waals surface area (Å²) in [7, 11) is -2.26.